The van der Waals surface area contributed by atoms with Crippen LogP contribution in [0.25, 0.3) is 0 Å². The maximum atomic E-state index is 12.7. The number of halogens is 2. The van der Waals surface area contributed by atoms with Crippen molar-refractivity contribution in [2.24, 2.45) is 10.7 Å². The molecule has 0 atom stereocenters. The zero-order chi connectivity index (χ0) is 29.9. The maximum Gasteiger partial charge on any atom is 0.356 e. The summed E-state index contributed by atoms with van der Waals surface area (Å²) < 4.78 is 9.46. The van der Waals surface area contributed by atoms with Crippen LogP contribution in [0.4, 0.5) is 11.6 Å². The Balaban J connectivity index is 1.58. The zero-order valence-electron chi connectivity index (χ0n) is 21.9. The number of amides is 2. The van der Waals surface area contributed by atoms with Gasteiger partial charge in [0, 0.05) is 31.7 Å². The summed E-state index contributed by atoms with van der Waals surface area (Å²) in [6.07, 6.45) is 1.27. The molecule has 0 radical (unpaired) electrons. The van der Waals surface area contributed by atoms with Crippen LogP contribution in [-0.2, 0) is 15.6 Å². The minimum absolute atomic E-state index is 0.0975. The summed E-state index contributed by atoms with van der Waals surface area (Å²) in [5.74, 6) is -2.30. The van der Waals surface area contributed by atoms with Gasteiger partial charge in [-0.3, -0.25) is 19.8 Å². The largest absolute Gasteiger partial charge is 0.394 e. The van der Waals surface area contributed by atoms with Gasteiger partial charge in [-0.15, -0.1) is 0 Å². The van der Waals surface area contributed by atoms with E-state index in [4.69, 9.17) is 50.5 Å². The smallest absolute Gasteiger partial charge is 0.356 e. The molecule has 1 aromatic carbocycles. The molecule has 17 heteroatoms. The van der Waals surface area contributed by atoms with E-state index in [9.17, 15) is 14.4 Å². The lowest BCUT2D eigenvalue weighted by Gasteiger charge is -2.30. The van der Waals surface area contributed by atoms with Gasteiger partial charge in [0.05, 0.1) is 31.4 Å². The van der Waals surface area contributed by atoms with Crippen molar-refractivity contribution in [3.8, 4) is 0 Å². The minimum atomic E-state index is -0.784. The Kier molecular flexibility index (Phi) is 11.9. The van der Waals surface area contributed by atoms with Gasteiger partial charge in [0.15, 0.2) is 28.4 Å². The van der Waals surface area contributed by atoms with Crippen LogP contribution < -0.4 is 27.8 Å². The van der Waals surface area contributed by atoms with Gasteiger partial charge in [-0.05, 0) is 36.6 Å². The normalized spacial score (nSPS) is 14.5. The van der Waals surface area contributed by atoms with E-state index in [2.05, 4.69) is 34.8 Å². The Morgan fingerprint density at radius 1 is 1.07 bits per heavy atom. The van der Waals surface area contributed by atoms with Crippen molar-refractivity contribution < 1.29 is 28.5 Å². The molecule has 0 spiro atoms. The van der Waals surface area contributed by atoms with Gasteiger partial charge in [-0.2, -0.15) is 0 Å². The summed E-state index contributed by atoms with van der Waals surface area (Å²) in [4.78, 5) is 51.3. The number of carbonyl (C=O) groups excluding carboxylic acids is 3. The summed E-state index contributed by atoms with van der Waals surface area (Å²) in [7, 11) is 0. The molecule has 0 saturated carbocycles. The van der Waals surface area contributed by atoms with E-state index in [-0.39, 0.29) is 72.0 Å². The number of likely N-dealkylation sites (tertiary alicyclic amines) is 1. The molecule has 1 aliphatic rings. The van der Waals surface area contributed by atoms with Gasteiger partial charge in [0.1, 0.15) is 11.9 Å². The number of nitrogens with one attached hydrogen (secondary N) is 2. The highest BCUT2D eigenvalue weighted by atomic mass is 35.5. The lowest BCUT2D eigenvalue weighted by atomic mass is 10.0. The molecule has 2 aromatic rings. The summed E-state index contributed by atoms with van der Waals surface area (Å²) >= 11 is 11.1. The first-order valence-electron chi connectivity index (χ1n) is 12.5. The molecule has 222 valence electrons. The van der Waals surface area contributed by atoms with Crippen molar-refractivity contribution in [1.82, 2.24) is 25.5 Å². The quantitative estimate of drug-likeness (QED) is 0.112. The van der Waals surface area contributed by atoms with Gasteiger partial charge in [0.2, 0.25) is 0 Å². The molecule has 0 aliphatic carbocycles. The molecule has 1 aromatic heterocycles. The van der Waals surface area contributed by atoms with Gasteiger partial charge < -0.3 is 36.7 Å². The first kappa shape index (κ1) is 31.8. The zero-order valence-corrected chi connectivity index (χ0v) is 23.5. The Morgan fingerprint density at radius 3 is 2.46 bits per heavy atom. The highest BCUT2D eigenvalue weighted by molar-refractivity contribution is 6.31. The van der Waals surface area contributed by atoms with Crippen LogP contribution in [0.1, 0.15) is 49.6 Å². The number of nitrogens with two attached hydrogens (primary N) is 3. The molecule has 15 nitrogen and oxygen atoms in total. The molecule has 9 N–H and O–H groups in total. The molecule has 3 rings (SSSR count). The number of hydrogen-bond acceptors (Lipinski definition) is 12. The number of benzene rings is 1. The van der Waals surface area contributed by atoms with Crippen molar-refractivity contribution >= 4 is 58.8 Å². The fourth-order valence-electron chi connectivity index (χ4n) is 4.06. The van der Waals surface area contributed by atoms with Crippen LogP contribution in [0.3, 0.4) is 0 Å². The summed E-state index contributed by atoms with van der Waals surface area (Å²) in [5.41, 5.74) is 18.0. The predicted molar refractivity (Wildman–Crippen MR) is 151 cm³/mol. The van der Waals surface area contributed by atoms with Crippen molar-refractivity contribution in [2.45, 2.75) is 25.4 Å². The van der Waals surface area contributed by atoms with E-state index >= 15 is 0 Å². The molecular formula is C24H31Cl2N9O6. The Hall–Kier alpha value is -3.76. The van der Waals surface area contributed by atoms with E-state index < -0.39 is 17.8 Å². The Morgan fingerprint density at radius 2 is 1.78 bits per heavy atom. The lowest BCUT2D eigenvalue weighted by Crippen LogP contribution is -2.41. The van der Waals surface area contributed by atoms with E-state index in [1.54, 1.807) is 12.1 Å². The van der Waals surface area contributed by atoms with E-state index in [0.29, 0.717) is 38.0 Å². The van der Waals surface area contributed by atoms with E-state index in [1.807, 2.05) is 0 Å². The molecule has 1 aliphatic heterocycles. The van der Waals surface area contributed by atoms with Crippen LogP contribution >= 0.6 is 23.5 Å². The number of aromatic nitrogens is 2. The van der Waals surface area contributed by atoms with E-state index in [1.165, 1.54) is 6.07 Å². The monoisotopic (exact) mass is 611 g/mol. The van der Waals surface area contributed by atoms with Crippen LogP contribution in [0.5, 0.6) is 0 Å². The van der Waals surface area contributed by atoms with Gasteiger partial charge in [-0.1, -0.05) is 11.6 Å². The second-order valence-corrected chi connectivity index (χ2v) is 9.50. The Labute approximate surface area is 245 Å². The number of hydrogen-bond donors (Lipinski definition) is 6. The topological polar surface area (TPSA) is 233 Å². The number of aliphatic imine (C=N–C) groups is 1. The molecule has 1 saturated heterocycles. The number of ether oxygens (including phenoxy) is 1. The number of aliphatic hydroxyl groups is 1. The van der Waals surface area contributed by atoms with Crippen molar-refractivity contribution in [3.63, 3.8) is 0 Å². The fraction of sp³-hybridized carbons (Fsp3) is 0.417. The Bertz CT molecular complexity index is 1290. The standard InChI is InChI=1S/C24H31Cl2N9O6/c25-18-20(28)33-19(27)17(32-18)22(38)34-24(29)31-16-1-4-35(5-2-16)12-13-9-14(11-15(10-13)23(39)41-26)21(37)30-3-7-40-8-6-36/h9-11,16,36H,1-8,12H2,(H,30,37)(H4,27,28,33)(H3,29,31,34,38). The van der Waals surface area contributed by atoms with Crippen LogP contribution in [0.2, 0.25) is 5.15 Å². The predicted octanol–water partition coefficient (Wildman–Crippen LogP) is 0.0528. The number of nitrogens with zero attached hydrogens (tertiary/aromatic N) is 4. The van der Waals surface area contributed by atoms with Crippen LogP contribution in [0.15, 0.2) is 23.2 Å². The third-order valence-electron chi connectivity index (χ3n) is 5.97. The molecule has 0 unspecified atom stereocenters. The number of anilines is 2. The first-order chi connectivity index (χ1) is 19.6. The SMILES string of the molecule is NC(=NC1CCN(Cc2cc(C(=O)NCCOCCO)cc(C(=O)OCl)c2)CC1)NC(=O)c1nc(Cl)c(N)nc1N. The maximum absolute atomic E-state index is 12.7. The van der Waals surface area contributed by atoms with Crippen molar-refractivity contribution in [3.05, 3.63) is 45.7 Å². The number of rotatable bonds is 11. The third-order valence-corrected chi connectivity index (χ3v) is 6.39. The van der Waals surface area contributed by atoms with Crippen LogP contribution in [-0.4, -0.2) is 89.2 Å². The molecular weight excluding hydrogens is 581 g/mol. The van der Waals surface area contributed by atoms with Crippen LogP contribution in [0, 0.1) is 0 Å². The number of piperidine rings is 1. The summed E-state index contributed by atoms with van der Waals surface area (Å²) in [5, 5.41) is 13.7. The minimum Gasteiger partial charge on any atom is -0.394 e. The third kappa shape index (κ3) is 9.40. The highest BCUT2D eigenvalue weighted by Gasteiger charge is 2.22. The van der Waals surface area contributed by atoms with Gasteiger partial charge in [-0.25, -0.2) is 19.8 Å². The molecule has 2 heterocycles. The number of guanidine groups is 1. The molecule has 2 amide bonds. The first-order valence-corrected chi connectivity index (χ1v) is 13.2. The lowest BCUT2D eigenvalue weighted by molar-refractivity contribution is 0.0750. The van der Waals surface area contributed by atoms with E-state index in [0.717, 1.165) is 0 Å². The average molecular weight is 612 g/mol. The molecule has 0 bridgehead atoms. The summed E-state index contributed by atoms with van der Waals surface area (Å²) in [6.45, 7) is 2.23. The second-order valence-electron chi connectivity index (χ2n) is 8.98. The average Bonchev–Trinajstić information content (AvgIpc) is 2.95. The van der Waals surface area contributed by atoms with Crippen molar-refractivity contribution in [2.75, 3.05) is 50.9 Å². The highest BCUT2D eigenvalue weighted by Crippen LogP contribution is 2.20. The molecule has 41 heavy (non-hydrogen) atoms. The number of aliphatic hydroxyl groups excluding tert-OH is 1. The molecule has 1 fully saturated rings. The fourth-order valence-corrected chi connectivity index (χ4v) is 4.28. The van der Waals surface area contributed by atoms with Crippen molar-refractivity contribution in [1.29, 1.82) is 0 Å². The summed E-state index contributed by atoms with van der Waals surface area (Å²) in [6, 6.07) is 4.54. The second kappa shape index (κ2) is 15.3. The van der Waals surface area contributed by atoms with Gasteiger partial charge >= 0.3 is 5.97 Å². The number of carbonyl (C=O) groups is 3. The number of nitrogen functional groups attached to an aromatic ring is 2. The van der Waals surface area contributed by atoms with Gasteiger partial charge in [0.25, 0.3) is 11.8 Å².